The Balaban J connectivity index is 0.000000269. The van der Waals surface area contributed by atoms with E-state index in [2.05, 4.69) is 22.1 Å². The number of nitrogens with one attached hydrogen (secondary N) is 1. The van der Waals surface area contributed by atoms with Gasteiger partial charge >= 0.3 is 6.09 Å². The van der Waals surface area contributed by atoms with Crippen molar-refractivity contribution in [3.63, 3.8) is 0 Å². The minimum absolute atomic E-state index is 0.123. The van der Waals surface area contributed by atoms with Gasteiger partial charge in [0, 0.05) is 11.8 Å². The molecule has 4 rings (SSSR count). The predicted octanol–water partition coefficient (Wildman–Crippen LogP) is 3.97. The van der Waals surface area contributed by atoms with E-state index in [9.17, 15) is 4.79 Å². The molecule has 1 saturated heterocycles. The van der Waals surface area contributed by atoms with Gasteiger partial charge in [0.05, 0.1) is 25.8 Å². The van der Waals surface area contributed by atoms with Crippen molar-refractivity contribution in [2.24, 2.45) is 0 Å². The van der Waals surface area contributed by atoms with Crippen molar-refractivity contribution >= 4 is 6.09 Å². The summed E-state index contributed by atoms with van der Waals surface area (Å²) in [7, 11) is 3.23. The summed E-state index contributed by atoms with van der Waals surface area (Å²) in [6.45, 7) is 0.339. The molecule has 6 heteroatoms. The van der Waals surface area contributed by atoms with Gasteiger partial charge in [0.2, 0.25) is 5.88 Å². The molecule has 0 saturated carbocycles. The third-order valence-corrected chi connectivity index (χ3v) is 4.25. The first kappa shape index (κ1) is 20.7. The molecule has 3 aromatic rings. The Bertz CT molecular complexity index is 1040. The van der Waals surface area contributed by atoms with E-state index in [1.807, 2.05) is 66.7 Å². The lowest BCUT2D eigenvalue weighted by Crippen LogP contribution is -2.18. The molecule has 2 heterocycles. The summed E-state index contributed by atoms with van der Waals surface area (Å²) in [6.07, 6.45) is 1.27. The maximum absolute atomic E-state index is 11.1. The summed E-state index contributed by atoms with van der Waals surface area (Å²) < 4.78 is 15.0. The summed E-state index contributed by atoms with van der Waals surface area (Å²) >= 11 is 0. The fraction of sp³-hybridized carbons (Fsp3) is 0.167. The molecule has 1 fully saturated rings. The van der Waals surface area contributed by atoms with Crippen LogP contribution in [-0.4, -0.2) is 31.9 Å². The van der Waals surface area contributed by atoms with Gasteiger partial charge in [-0.15, -0.1) is 0 Å². The lowest BCUT2D eigenvalue weighted by molar-refractivity contribution is 0.177. The van der Waals surface area contributed by atoms with Gasteiger partial charge in [-0.05, 0) is 42.0 Å². The Morgan fingerprint density at radius 1 is 1.00 bits per heavy atom. The maximum Gasteiger partial charge on any atom is 0.407 e. The zero-order chi connectivity index (χ0) is 21.2. The van der Waals surface area contributed by atoms with Crippen LogP contribution in [0.1, 0.15) is 22.7 Å². The molecule has 0 radical (unpaired) electrons. The highest BCUT2D eigenvalue weighted by Gasteiger charge is 2.23. The van der Waals surface area contributed by atoms with Crippen molar-refractivity contribution in [3.05, 3.63) is 89.6 Å². The van der Waals surface area contributed by atoms with Gasteiger partial charge in [0.25, 0.3) is 0 Å². The fourth-order valence-electron chi connectivity index (χ4n) is 2.74. The summed E-state index contributed by atoms with van der Waals surface area (Å²) in [5.41, 5.74) is 2.55. The molecular formula is C24H22N2O4. The molecule has 1 amide bonds. The Kier molecular flexibility index (Phi) is 7.28. The first-order chi connectivity index (χ1) is 14.7. The molecule has 6 nitrogen and oxygen atoms in total. The van der Waals surface area contributed by atoms with Gasteiger partial charge < -0.3 is 19.5 Å². The number of amides is 1. The van der Waals surface area contributed by atoms with Crippen LogP contribution in [0.5, 0.6) is 11.6 Å². The molecule has 30 heavy (non-hydrogen) atoms. The molecule has 1 atom stereocenters. The average Bonchev–Trinajstić information content (AvgIpc) is 3.25. The van der Waals surface area contributed by atoms with Crippen LogP contribution in [0.25, 0.3) is 0 Å². The van der Waals surface area contributed by atoms with Crippen molar-refractivity contribution in [1.82, 2.24) is 10.3 Å². The zero-order valence-corrected chi connectivity index (χ0v) is 16.8. The number of pyridine rings is 1. The summed E-state index contributed by atoms with van der Waals surface area (Å²) in [5, 5.41) is 2.75. The maximum atomic E-state index is 11.1. The molecule has 0 bridgehead atoms. The molecule has 1 aromatic heterocycles. The van der Waals surface area contributed by atoms with Gasteiger partial charge in [-0.25, -0.2) is 9.78 Å². The number of aromatic nitrogens is 1. The first-order valence-corrected chi connectivity index (χ1v) is 9.33. The molecule has 152 valence electrons. The number of methoxy groups -OCH3 is 2. The molecule has 0 spiro atoms. The van der Waals surface area contributed by atoms with E-state index in [1.54, 1.807) is 20.4 Å². The highest BCUT2D eigenvalue weighted by atomic mass is 16.6. The number of benzene rings is 2. The molecular weight excluding hydrogens is 380 g/mol. The van der Waals surface area contributed by atoms with Crippen molar-refractivity contribution in [3.8, 4) is 23.5 Å². The number of hydrogen-bond donors (Lipinski definition) is 1. The van der Waals surface area contributed by atoms with Crippen LogP contribution in [0.3, 0.4) is 0 Å². The smallest absolute Gasteiger partial charge is 0.407 e. The lowest BCUT2D eigenvalue weighted by Gasteiger charge is -2.07. The van der Waals surface area contributed by atoms with Crippen LogP contribution in [0.2, 0.25) is 0 Å². The summed E-state index contributed by atoms with van der Waals surface area (Å²) in [6, 6.07) is 20.9. The number of carbonyl (C=O) groups is 1. The van der Waals surface area contributed by atoms with E-state index in [0.29, 0.717) is 12.5 Å². The first-order valence-electron chi connectivity index (χ1n) is 9.33. The summed E-state index contributed by atoms with van der Waals surface area (Å²) in [5.74, 6) is 7.55. The molecule has 2 aromatic carbocycles. The number of hydrogen-bond acceptors (Lipinski definition) is 5. The van der Waals surface area contributed by atoms with Gasteiger partial charge in [-0.1, -0.05) is 42.2 Å². The van der Waals surface area contributed by atoms with Crippen molar-refractivity contribution in [1.29, 1.82) is 0 Å². The molecule has 0 unspecified atom stereocenters. The van der Waals surface area contributed by atoms with Gasteiger partial charge in [-0.2, -0.15) is 0 Å². The van der Waals surface area contributed by atoms with Crippen LogP contribution in [0.4, 0.5) is 4.79 Å². The lowest BCUT2D eigenvalue weighted by atomic mass is 10.0. The third kappa shape index (κ3) is 5.76. The molecule has 1 aliphatic rings. The molecule has 0 aliphatic carbocycles. The molecule has 1 aliphatic heterocycles. The van der Waals surface area contributed by atoms with E-state index in [1.165, 1.54) is 0 Å². The quantitative estimate of drug-likeness (QED) is 0.672. The van der Waals surface area contributed by atoms with Crippen molar-refractivity contribution in [2.45, 2.75) is 6.04 Å². The second-order valence-corrected chi connectivity index (χ2v) is 6.25. The van der Waals surface area contributed by atoms with Crippen LogP contribution >= 0.6 is 0 Å². The third-order valence-electron chi connectivity index (χ3n) is 4.25. The molecule has 1 N–H and O–H groups in total. The number of para-hydroxylation sites is 1. The highest BCUT2D eigenvalue weighted by Crippen LogP contribution is 2.19. The Morgan fingerprint density at radius 2 is 1.83 bits per heavy atom. The second kappa shape index (κ2) is 10.5. The van der Waals surface area contributed by atoms with Crippen LogP contribution in [0.15, 0.2) is 72.9 Å². The number of rotatable bonds is 3. The minimum Gasteiger partial charge on any atom is -0.497 e. The Morgan fingerprint density at radius 3 is 2.50 bits per heavy atom. The largest absolute Gasteiger partial charge is 0.497 e. The van der Waals surface area contributed by atoms with E-state index in [-0.39, 0.29) is 12.1 Å². The fourth-order valence-corrected chi connectivity index (χ4v) is 2.74. The Hall–Kier alpha value is -3.98. The average molecular weight is 402 g/mol. The van der Waals surface area contributed by atoms with E-state index in [0.717, 1.165) is 22.4 Å². The number of cyclic esters (lactones) is 1. The van der Waals surface area contributed by atoms with E-state index >= 15 is 0 Å². The Labute approximate surface area is 175 Å². The number of carbonyl (C=O) groups excluding carboxylic acids is 1. The number of ether oxygens (including phenoxy) is 3. The predicted molar refractivity (Wildman–Crippen MR) is 113 cm³/mol. The number of alkyl carbamates (subject to hydrolysis) is 1. The second-order valence-electron chi connectivity index (χ2n) is 6.25. The van der Waals surface area contributed by atoms with E-state index in [4.69, 9.17) is 14.2 Å². The minimum atomic E-state index is -0.387. The highest BCUT2D eigenvalue weighted by molar-refractivity contribution is 5.70. The number of nitrogens with zero attached hydrogens (tertiary/aromatic N) is 1. The van der Waals surface area contributed by atoms with Crippen molar-refractivity contribution in [2.75, 3.05) is 20.8 Å². The van der Waals surface area contributed by atoms with Crippen molar-refractivity contribution < 1.29 is 19.0 Å². The monoisotopic (exact) mass is 402 g/mol. The SMILES string of the molecule is COc1ccccc1.COc1ncccc1C#Cc1cccc([C@@H]2COC(=O)N2)c1. The van der Waals surface area contributed by atoms with Crippen LogP contribution in [-0.2, 0) is 4.74 Å². The van der Waals surface area contributed by atoms with Crippen LogP contribution < -0.4 is 14.8 Å². The van der Waals surface area contributed by atoms with Gasteiger partial charge in [-0.3, -0.25) is 0 Å². The van der Waals surface area contributed by atoms with Crippen LogP contribution in [0, 0.1) is 11.8 Å². The normalized spacial score (nSPS) is 14.2. The summed E-state index contributed by atoms with van der Waals surface area (Å²) in [4.78, 5) is 15.2. The van der Waals surface area contributed by atoms with E-state index < -0.39 is 0 Å². The van der Waals surface area contributed by atoms with Gasteiger partial charge in [0.1, 0.15) is 12.4 Å². The topological polar surface area (TPSA) is 69.7 Å². The standard InChI is InChI=1S/C17H14N2O3.C7H8O/c1-21-16-13(6-3-9-18-16)8-7-12-4-2-5-14(10-12)15-11-22-17(20)19-15;1-8-7-5-3-2-4-6-7/h2-6,9-10,15H,11H2,1H3,(H,19,20);2-6H,1H3/t15-;/m0./s1. The zero-order valence-electron chi connectivity index (χ0n) is 16.8. The van der Waals surface area contributed by atoms with Gasteiger partial charge in [0.15, 0.2) is 0 Å².